The molecule has 20 heavy (non-hydrogen) atoms. The van der Waals surface area contributed by atoms with Crippen molar-refractivity contribution in [3.8, 4) is 0 Å². The van der Waals surface area contributed by atoms with Gasteiger partial charge in [0, 0.05) is 30.6 Å². The summed E-state index contributed by atoms with van der Waals surface area (Å²) in [6.07, 6.45) is 0. The molecule has 1 aromatic heterocycles. The summed E-state index contributed by atoms with van der Waals surface area (Å²) in [5.74, 6) is 1.81. The Balaban J connectivity index is 2.22. The molecule has 1 aromatic carbocycles. The SMILES string of the molecule is CC(C)c1nc(Cl)cc(N(C)Cc2cccc(Cl)c2)n1. The summed E-state index contributed by atoms with van der Waals surface area (Å²) < 4.78 is 0. The van der Waals surface area contributed by atoms with Gasteiger partial charge in [-0.15, -0.1) is 0 Å². The Kier molecular flexibility index (Phi) is 4.84. The molecule has 0 amide bonds. The summed E-state index contributed by atoms with van der Waals surface area (Å²) in [5.41, 5.74) is 1.13. The van der Waals surface area contributed by atoms with Gasteiger partial charge in [0.05, 0.1) is 0 Å². The zero-order chi connectivity index (χ0) is 14.7. The van der Waals surface area contributed by atoms with Gasteiger partial charge in [0.2, 0.25) is 0 Å². The molecule has 0 N–H and O–H groups in total. The van der Waals surface area contributed by atoms with E-state index in [0.717, 1.165) is 22.2 Å². The molecule has 0 saturated carbocycles. The average molecular weight is 310 g/mol. The van der Waals surface area contributed by atoms with Gasteiger partial charge in [-0.1, -0.05) is 49.2 Å². The third kappa shape index (κ3) is 3.84. The van der Waals surface area contributed by atoms with Crippen LogP contribution in [0.2, 0.25) is 10.2 Å². The molecule has 0 radical (unpaired) electrons. The van der Waals surface area contributed by atoms with E-state index < -0.39 is 0 Å². The number of benzene rings is 1. The van der Waals surface area contributed by atoms with Crippen molar-refractivity contribution in [3.05, 3.63) is 51.9 Å². The number of hydrogen-bond acceptors (Lipinski definition) is 3. The van der Waals surface area contributed by atoms with Crippen LogP contribution in [0, 0.1) is 0 Å². The molecule has 0 saturated heterocycles. The van der Waals surface area contributed by atoms with Gasteiger partial charge in [-0.25, -0.2) is 9.97 Å². The molecule has 1 heterocycles. The molecule has 5 heteroatoms. The highest BCUT2D eigenvalue weighted by atomic mass is 35.5. The second-order valence-electron chi connectivity index (χ2n) is 5.05. The van der Waals surface area contributed by atoms with Gasteiger partial charge in [-0.05, 0) is 17.7 Å². The van der Waals surface area contributed by atoms with E-state index in [9.17, 15) is 0 Å². The summed E-state index contributed by atoms with van der Waals surface area (Å²) in [4.78, 5) is 10.8. The van der Waals surface area contributed by atoms with Crippen molar-refractivity contribution in [2.75, 3.05) is 11.9 Å². The Morgan fingerprint density at radius 2 is 1.90 bits per heavy atom. The van der Waals surface area contributed by atoms with E-state index in [2.05, 4.69) is 9.97 Å². The first-order valence-corrected chi connectivity index (χ1v) is 7.21. The van der Waals surface area contributed by atoms with E-state index >= 15 is 0 Å². The van der Waals surface area contributed by atoms with Gasteiger partial charge in [0.25, 0.3) is 0 Å². The Bertz CT molecular complexity index is 599. The fourth-order valence-corrected chi connectivity index (χ4v) is 2.26. The van der Waals surface area contributed by atoms with Crippen molar-refractivity contribution in [2.24, 2.45) is 0 Å². The molecular formula is C15H17Cl2N3. The van der Waals surface area contributed by atoms with Crippen LogP contribution in [0.1, 0.15) is 31.2 Å². The van der Waals surface area contributed by atoms with Crippen LogP contribution in [-0.2, 0) is 6.54 Å². The second kappa shape index (κ2) is 6.42. The number of aromatic nitrogens is 2. The predicted molar refractivity (Wildman–Crippen MR) is 84.7 cm³/mol. The van der Waals surface area contributed by atoms with Crippen LogP contribution < -0.4 is 4.90 Å². The molecule has 0 aliphatic heterocycles. The quantitative estimate of drug-likeness (QED) is 0.776. The van der Waals surface area contributed by atoms with Gasteiger partial charge >= 0.3 is 0 Å². The minimum absolute atomic E-state index is 0.243. The summed E-state index contributed by atoms with van der Waals surface area (Å²) in [6.45, 7) is 4.81. The smallest absolute Gasteiger partial charge is 0.135 e. The first kappa shape index (κ1) is 15.1. The Morgan fingerprint density at radius 3 is 2.55 bits per heavy atom. The molecule has 0 aliphatic rings. The molecular weight excluding hydrogens is 293 g/mol. The molecule has 0 atom stereocenters. The maximum absolute atomic E-state index is 6.07. The standard InChI is InChI=1S/C15H17Cl2N3/c1-10(2)15-18-13(17)8-14(19-15)20(3)9-11-5-4-6-12(16)7-11/h4-8,10H,9H2,1-3H3. The van der Waals surface area contributed by atoms with Crippen LogP contribution in [0.4, 0.5) is 5.82 Å². The largest absolute Gasteiger partial charge is 0.355 e. The van der Waals surface area contributed by atoms with E-state index in [4.69, 9.17) is 23.2 Å². The topological polar surface area (TPSA) is 29.0 Å². The highest BCUT2D eigenvalue weighted by Gasteiger charge is 2.10. The Morgan fingerprint density at radius 1 is 1.15 bits per heavy atom. The van der Waals surface area contributed by atoms with Crippen LogP contribution in [0.25, 0.3) is 0 Å². The van der Waals surface area contributed by atoms with Gasteiger partial charge in [0.15, 0.2) is 0 Å². The van der Waals surface area contributed by atoms with Crippen LogP contribution in [0.3, 0.4) is 0 Å². The highest BCUT2D eigenvalue weighted by molar-refractivity contribution is 6.30. The lowest BCUT2D eigenvalue weighted by Crippen LogP contribution is -2.18. The van der Waals surface area contributed by atoms with Gasteiger partial charge in [-0.3, -0.25) is 0 Å². The number of hydrogen-bond donors (Lipinski definition) is 0. The van der Waals surface area contributed by atoms with E-state index in [-0.39, 0.29) is 5.92 Å². The third-order valence-electron chi connectivity index (χ3n) is 2.91. The van der Waals surface area contributed by atoms with E-state index in [1.54, 1.807) is 6.07 Å². The van der Waals surface area contributed by atoms with Gasteiger partial charge in [0.1, 0.15) is 16.8 Å². The first-order chi connectivity index (χ1) is 9.45. The lowest BCUT2D eigenvalue weighted by Gasteiger charge is -2.19. The first-order valence-electron chi connectivity index (χ1n) is 6.46. The van der Waals surface area contributed by atoms with Crippen molar-refractivity contribution in [1.29, 1.82) is 0 Å². The van der Waals surface area contributed by atoms with Crippen LogP contribution in [-0.4, -0.2) is 17.0 Å². The fraction of sp³-hybridized carbons (Fsp3) is 0.333. The Hall–Kier alpha value is -1.32. The Labute approximate surface area is 129 Å². The van der Waals surface area contributed by atoms with E-state index in [1.165, 1.54) is 0 Å². The van der Waals surface area contributed by atoms with Crippen molar-refractivity contribution in [1.82, 2.24) is 9.97 Å². The molecule has 0 fully saturated rings. The molecule has 0 aliphatic carbocycles. The molecule has 2 aromatic rings. The highest BCUT2D eigenvalue weighted by Crippen LogP contribution is 2.21. The minimum atomic E-state index is 0.243. The number of anilines is 1. The van der Waals surface area contributed by atoms with E-state index in [1.807, 2.05) is 50.1 Å². The van der Waals surface area contributed by atoms with Crippen LogP contribution in [0.5, 0.6) is 0 Å². The van der Waals surface area contributed by atoms with Crippen molar-refractivity contribution >= 4 is 29.0 Å². The van der Waals surface area contributed by atoms with Crippen LogP contribution >= 0.6 is 23.2 Å². The van der Waals surface area contributed by atoms with Crippen molar-refractivity contribution < 1.29 is 0 Å². The zero-order valence-corrected chi connectivity index (χ0v) is 13.3. The maximum atomic E-state index is 6.07. The summed E-state index contributed by atoms with van der Waals surface area (Å²) in [6, 6.07) is 9.57. The lowest BCUT2D eigenvalue weighted by molar-refractivity contribution is 0.762. The van der Waals surface area contributed by atoms with Gasteiger partial charge < -0.3 is 4.90 Å². The maximum Gasteiger partial charge on any atom is 0.135 e. The molecule has 0 unspecified atom stereocenters. The van der Waals surface area contributed by atoms with Crippen LogP contribution in [0.15, 0.2) is 30.3 Å². The molecule has 2 rings (SSSR count). The fourth-order valence-electron chi connectivity index (χ4n) is 1.87. The number of rotatable bonds is 4. The van der Waals surface area contributed by atoms with Gasteiger partial charge in [-0.2, -0.15) is 0 Å². The zero-order valence-electron chi connectivity index (χ0n) is 11.8. The summed E-state index contributed by atoms with van der Waals surface area (Å²) in [7, 11) is 1.98. The number of nitrogens with zero attached hydrogens (tertiary/aromatic N) is 3. The summed E-state index contributed by atoms with van der Waals surface area (Å²) >= 11 is 12.1. The molecule has 106 valence electrons. The third-order valence-corrected chi connectivity index (χ3v) is 3.34. The second-order valence-corrected chi connectivity index (χ2v) is 5.87. The van der Waals surface area contributed by atoms with E-state index in [0.29, 0.717) is 11.7 Å². The molecule has 0 spiro atoms. The lowest BCUT2D eigenvalue weighted by atomic mass is 10.2. The normalized spacial score (nSPS) is 10.9. The predicted octanol–water partition coefficient (Wildman–Crippen LogP) is 4.54. The molecule has 3 nitrogen and oxygen atoms in total. The van der Waals surface area contributed by atoms with Crippen molar-refractivity contribution in [2.45, 2.75) is 26.3 Å². The van der Waals surface area contributed by atoms with Crippen molar-refractivity contribution in [3.63, 3.8) is 0 Å². The summed E-state index contributed by atoms with van der Waals surface area (Å²) in [5, 5.41) is 1.20. The molecule has 0 bridgehead atoms. The minimum Gasteiger partial charge on any atom is -0.355 e. The monoisotopic (exact) mass is 309 g/mol. The average Bonchev–Trinajstić information content (AvgIpc) is 2.37. The number of halogens is 2.